The van der Waals surface area contributed by atoms with Crippen LogP contribution in [0.4, 0.5) is 0 Å². The van der Waals surface area contributed by atoms with E-state index in [1.165, 1.54) is 38.5 Å². The van der Waals surface area contributed by atoms with E-state index < -0.39 is 0 Å². The highest BCUT2D eigenvalue weighted by Crippen LogP contribution is 2.39. The van der Waals surface area contributed by atoms with Crippen LogP contribution in [0.2, 0.25) is 0 Å². The van der Waals surface area contributed by atoms with Gasteiger partial charge in [-0.05, 0) is 49.7 Å². The van der Waals surface area contributed by atoms with Gasteiger partial charge in [0, 0.05) is 0 Å². The van der Waals surface area contributed by atoms with Gasteiger partial charge in [-0.1, -0.05) is 43.9 Å². The maximum absolute atomic E-state index is 9.37. The van der Waals surface area contributed by atoms with Crippen LogP contribution in [0, 0.1) is 11.8 Å². The minimum Gasteiger partial charge on any atom is -0.508 e. The summed E-state index contributed by atoms with van der Waals surface area (Å²) in [5, 5.41) is 18.0. The lowest BCUT2D eigenvalue weighted by molar-refractivity contribution is 0.0918. The first-order valence-corrected chi connectivity index (χ1v) is 7.68. The Hall–Kier alpha value is -1.02. The normalized spacial score (nSPS) is 27.6. The van der Waals surface area contributed by atoms with E-state index in [9.17, 15) is 5.11 Å². The van der Waals surface area contributed by atoms with Gasteiger partial charge in [0.25, 0.3) is 0 Å². The van der Waals surface area contributed by atoms with Crippen LogP contribution in [0.3, 0.4) is 0 Å². The molecule has 2 aliphatic carbocycles. The summed E-state index contributed by atoms with van der Waals surface area (Å²) in [5.41, 5.74) is 0. The minimum atomic E-state index is 0.0302. The van der Waals surface area contributed by atoms with Crippen molar-refractivity contribution < 1.29 is 10.2 Å². The summed E-state index contributed by atoms with van der Waals surface area (Å²) in [6, 6.07) is 8.71. The second-order valence-corrected chi connectivity index (χ2v) is 5.95. The van der Waals surface area contributed by atoms with Crippen molar-refractivity contribution in [3.63, 3.8) is 0 Å². The van der Waals surface area contributed by atoms with Gasteiger partial charge in [-0.25, -0.2) is 0 Å². The molecule has 0 bridgehead atoms. The molecule has 2 fully saturated rings. The molecule has 0 radical (unpaired) electrons. The second kappa shape index (κ2) is 7.54. The molecule has 19 heavy (non-hydrogen) atoms. The number of aliphatic hydroxyl groups is 1. The molecule has 2 saturated carbocycles. The van der Waals surface area contributed by atoms with Gasteiger partial charge in [0.15, 0.2) is 0 Å². The summed E-state index contributed by atoms with van der Waals surface area (Å²) in [6.45, 7) is 0. The van der Waals surface area contributed by atoms with Crippen LogP contribution in [0.1, 0.15) is 51.4 Å². The Morgan fingerprint density at radius 3 is 1.74 bits per heavy atom. The van der Waals surface area contributed by atoms with E-state index in [1.54, 1.807) is 24.3 Å². The summed E-state index contributed by atoms with van der Waals surface area (Å²) in [5.74, 6) is 2.32. The molecular weight excluding hydrogens is 236 g/mol. The number of aromatic hydroxyl groups is 1. The predicted molar refractivity (Wildman–Crippen MR) is 78.0 cm³/mol. The fourth-order valence-corrected chi connectivity index (χ4v) is 3.43. The zero-order chi connectivity index (χ0) is 13.5. The van der Waals surface area contributed by atoms with E-state index in [-0.39, 0.29) is 6.10 Å². The molecule has 0 heterocycles. The largest absolute Gasteiger partial charge is 0.508 e. The standard InChI is InChI=1S/C11H20O.C6H6O/c12-11-7-5-10(6-8-11)9-3-1-2-4-9;7-6-4-2-1-3-5-6/h9-12H,1-8H2;1-5,7H. The number of para-hydroxylation sites is 1. The van der Waals surface area contributed by atoms with Crippen molar-refractivity contribution in [3.05, 3.63) is 30.3 Å². The first kappa shape index (κ1) is 14.4. The van der Waals surface area contributed by atoms with Crippen molar-refractivity contribution in [1.82, 2.24) is 0 Å². The van der Waals surface area contributed by atoms with Crippen LogP contribution in [0.25, 0.3) is 0 Å². The van der Waals surface area contributed by atoms with Crippen LogP contribution in [-0.2, 0) is 0 Å². The second-order valence-electron chi connectivity index (χ2n) is 5.95. The minimum absolute atomic E-state index is 0.0302. The number of hydrogen-bond donors (Lipinski definition) is 2. The molecule has 0 saturated heterocycles. The van der Waals surface area contributed by atoms with Gasteiger partial charge >= 0.3 is 0 Å². The van der Waals surface area contributed by atoms with E-state index in [4.69, 9.17) is 5.11 Å². The van der Waals surface area contributed by atoms with Gasteiger partial charge in [-0.2, -0.15) is 0 Å². The lowest BCUT2D eigenvalue weighted by Crippen LogP contribution is -2.22. The maximum atomic E-state index is 9.37. The summed E-state index contributed by atoms with van der Waals surface area (Å²) in [4.78, 5) is 0. The van der Waals surface area contributed by atoms with E-state index >= 15 is 0 Å². The lowest BCUT2D eigenvalue weighted by Gasteiger charge is -2.29. The van der Waals surface area contributed by atoms with E-state index in [2.05, 4.69) is 0 Å². The van der Waals surface area contributed by atoms with Gasteiger partial charge in [-0.15, -0.1) is 0 Å². The van der Waals surface area contributed by atoms with E-state index in [0.29, 0.717) is 5.75 Å². The van der Waals surface area contributed by atoms with Crippen LogP contribution >= 0.6 is 0 Å². The Bertz CT molecular complexity index is 336. The zero-order valence-electron chi connectivity index (χ0n) is 11.7. The molecule has 0 unspecified atom stereocenters. The van der Waals surface area contributed by atoms with E-state index in [0.717, 1.165) is 24.7 Å². The summed E-state index contributed by atoms with van der Waals surface area (Å²) in [6.07, 6.45) is 10.6. The smallest absolute Gasteiger partial charge is 0.115 e. The highest BCUT2D eigenvalue weighted by molar-refractivity contribution is 5.18. The molecule has 0 atom stereocenters. The van der Waals surface area contributed by atoms with Gasteiger partial charge < -0.3 is 10.2 Å². The van der Waals surface area contributed by atoms with Crippen molar-refractivity contribution in [1.29, 1.82) is 0 Å². The summed E-state index contributed by atoms with van der Waals surface area (Å²) in [7, 11) is 0. The molecule has 2 nitrogen and oxygen atoms in total. The number of rotatable bonds is 1. The fraction of sp³-hybridized carbons (Fsp3) is 0.647. The highest BCUT2D eigenvalue weighted by Gasteiger charge is 2.28. The summed E-state index contributed by atoms with van der Waals surface area (Å²) < 4.78 is 0. The van der Waals surface area contributed by atoms with Crippen LogP contribution in [0.15, 0.2) is 30.3 Å². The Labute approximate surface area is 116 Å². The molecule has 1 aromatic carbocycles. The molecular formula is C17H26O2. The average molecular weight is 262 g/mol. The highest BCUT2D eigenvalue weighted by atomic mass is 16.3. The molecule has 3 rings (SSSR count). The van der Waals surface area contributed by atoms with E-state index in [1.807, 2.05) is 6.07 Å². The van der Waals surface area contributed by atoms with Crippen molar-refractivity contribution in [3.8, 4) is 5.75 Å². The Morgan fingerprint density at radius 2 is 1.26 bits per heavy atom. The Balaban J connectivity index is 0.000000163. The molecule has 2 heteroatoms. The van der Waals surface area contributed by atoms with Gasteiger partial charge in [0.2, 0.25) is 0 Å². The molecule has 2 aliphatic rings. The van der Waals surface area contributed by atoms with Gasteiger partial charge in [0.05, 0.1) is 6.10 Å². The SMILES string of the molecule is OC1CCC(C2CCCC2)CC1.Oc1ccccc1. The van der Waals surface area contributed by atoms with Crippen molar-refractivity contribution in [2.24, 2.45) is 11.8 Å². The summed E-state index contributed by atoms with van der Waals surface area (Å²) >= 11 is 0. The predicted octanol–water partition coefficient (Wildman–Crippen LogP) is 4.12. The third-order valence-corrected chi connectivity index (χ3v) is 4.56. The first-order chi connectivity index (χ1) is 9.25. The monoisotopic (exact) mass is 262 g/mol. The first-order valence-electron chi connectivity index (χ1n) is 7.68. The zero-order valence-corrected chi connectivity index (χ0v) is 11.7. The average Bonchev–Trinajstić information content (AvgIpc) is 2.95. The maximum Gasteiger partial charge on any atom is 0.115 e. The molecule has 0 aromatic heterocycles. The van der Waals surface area contributed by atoms with Crippen molar-refractivity contribution in [2.75, 3.05) is 0 Å². The molecule has 0 spiro atoms. The van der Waals surface area contributed by atoms with Gasteiger partial charge in [-0.3, -0.25) is 0 Å². The fourth-order valence-electron chi connectivity index (χ4n) is 3.43. The number of phenols is 1. The van der Waals surface area contributed by atoms with Crippen molar-refractivity contribution >= 4 is 0 Å². The molecule has 106 valence electrons. The van der Waals surface area contributed by atoms with Crippen LogP contribution in [0.5, 0.6) is 5.75 Å². The number of phenolic OH excluding ortho intramolecular Hbond substituents is 1. The number of aliphatic hydroxyl groups excluding tert-OH is 1. The third kappa shape index (κ3) is 4.87. The molecule has 1 aromatic rings. The third-order valence-electron chi connectivity index (χ3n) is 4.56. The number of hydrogen-bond acceptors (Lipinski definition) is 2. The van der Waals surface area contributed by atoms with Gasteiger partial charge in [0.1, 0.15) is 5.75 Å². The van der Waals surface area contributed by atoms with Crippen LogP contribution < -0.4 is 0 Å². The van der Waals surface area contributed by atoms with Crippen molar-refractivity contribution in [2.45, 2.75) is 57.5 Å². The molecule has 2 N–H and O–H groups in total. The molecule has 0 amide bonds. The quantitative estimate of drug-likeness (QED) is 0.799. The Kier molecular flexibility index (Phi) is 5.71. The molecule has 0 aliphatic heterocycles. The lowest BCUT2D eigenvalue weighted by atomic mass is 9.78. The Morgan fingerprint density at radius 1 is 0.737 bits per heavy atom. The topological polar surface area (TPSA) is 40.5 Å². The number of benzene rings is 1. The van der Waals surface area contributed by atoms with Crippen LogP contribution in [-0.4, -0.2) is 16.3 Å².